The maximum Gasteiger partial charge on any atom is 4.00 e. The predicted molar refractivity (Wildman–Crippen MR) is 69.0 cm³/mol. The number of rotatable bonds is 0. The summed E-state index contributed by atoms with van der Waals surface area (Å²) < 4.78 is 0. The molecule has 0 unspecified atom stereocenters. The Morgan fingerprint density at radius 3 is 1.07 bits per heavy atom. The molecule has 86 valence electrons. The molecule has 1 aromatic rings. The zero-order chi connectivity index (χ0) is 11.7. The molecule has 0 saturated carbocycles. The van der Waals surface area contributed by atoms with Crippen LogP contribution in [0.1, 0.15) is 40.0 Å². The van der Waals surface area contributed by atoms with Gasteiger partial charge < -0.3 is 20.8 Å². The molecular formula is C14H26Ti. The van der Waals surface area contributed by atoms with Crippen molar-refractivity contribution in [3.05, 3.63) is 51.1 Å². The molecule has 15 heavy (non-hydrogen) atoms. The molecule has 0 bridgehead atoms. The van der Waals surface area contributed by atoms with E-state index in [1.165, 1.54) is 0 Å². The van der Waals surface area contributed by atoms with Gasteiger partial charge in [-0.15, -0.1) is 0 Å². The van der Waals surface area contributed by atoms with Crippen LogP contribution >= 0.6 is 0 Å². The van der Waals surface area contributed by atoms with Crippen LogP contribution in [-0.2, 0) is 21.7 Å². The van der Waals surface area contributed by atoms with Crippen LogP contribution in [0.5, 0.6) is 0 Å². The van der Waals surface area contributed by atoms with Crippen molar-refractivity contribution < 1.29 is 21.7 Å². The Hall–Kier alpha value is 0.0643. The number of hydrogen-bond acceptors (Lipinski definition) is 0. The third kappa shape index (κ3) is 79.8. The van der Waals surface area contributed by atoms with E-state index in [2.05, 4.69) is 20.8 Å². The van der Waals surface area contributed by atoms with Gasteiger partial charge in [0.2, 0.25) is 0 Å². The molecule has 0 radical (unpaired) electrons. The zero-order valence-electron chi connectivity index (χ0n) is 10.6. The Balaban J connectivity index is -0.0000000550. The van der Waals surface area contributed by atoms with Crippen molar-refractivity contribution in [2.45, 2.75) is 40.0 Å². The van der Waals surface area contributed by atoms with Crippen LogP contribution in [-0.4, -0.2) is 0 Å². The molecule has 1 rings (SSSR count). The summed E-state index contributed by atoms with van der Waals surface area (Å²) in [6.07, 6.45) is 3.00. The minimum atomic E-state index is 0. The normalized spacial score (nSPS) is 6.27. The average molecular weight is 242 g/mol. The van der Waals surface area contributed by atoms with Gasteiger partial charge in [0.15, 0.2) is 0 Å². The van der Waals surface area contributed by atoms with Gasteiger partial charge in [-0.1, -0.05) is 20.8 Å². The van der Waals surface area contributed by atoms with Gasteiger partial charge in [-0.2, -0.15) is 37.5 Å². The van der Waals surface area contributed by atoms with Gasteiger partial charge in [-0.05, 0) is 0 Å². The van der Waals surface area contributed by atoms with Crippen molar-refractivity contribution >= 4 is 0 Å². The molecule has 0 atom stereocenters. The maximum absolute atomic E-state index is 3.49. The van der Waals surface area contributed by atoms with E-state index in [-0.39, 0.29) is 21.7 Å². The molecule has 0 N–H and O–H groups in total. The molecule has 0 heterocycles. The van der Waals surface area contributed by atoms with Crippen LogP contribution in [0, 0.1) is 20.8 Å². The fourth-order valence-electron chi connectivity index (χ4n) is 0.321. The molecule has 1 heteroatoms. The molecular weight excluding hydrogens is 216 g/mol. The molecule has 0 saturated heterocycles. The Kier molecular flexibility index (Phi) is 59.9. The van der Waals surface area contributed by atoms with Gasteiger partial charge in [0, 0.05) is 0 Å². The van der Waals surface area contributed by atoms with Crippen LogP contribution in [0.3, 0.4) is 0 Å². The van der Waals surface area contributed by atoms with Crippen LogP contribution in [0.15, 0.2) is 30.3 Å². The molecule has 0 amide bonds. The molecule has 1 aromatic carbocycles. The summed E-state index contributed by atoms with van der Waals surface area (Å²) >= 11 is 0. The van der Waals surface area contributed by atoms with Crippen molar-refractivity contribution in [2.75, 3.05) is 0 Å². The van der Waals surface area contributed by atoms with Gasteiger partial charge in [-0.25, -0.2) is 12.1 Å². The van der Waals surface area contributed by atoms with E-state index in [0.29, 0.717) is 0 Å². The molecule has 0 aromatic heterocycles. The molecule has 0 aliphatic rings. The first-order chi connectivity index (χ1) is 6.74. The second-order valence-corrected chi connectivity index (χ2v) is 2.46. The Morgan fingerprint density at radius 1 is 0.800 bits per heavy atom. The Bertz CT molecular complexity index is 88.9. The zero-order valence-corrected chi connectivity index (χ0v) is 12.2. The average Bonchev–Trinajstić information content (AvgIpc) is 2.63. The second kappa shape index (κ2) is 36.9. The minimum Gasteiger partial charge on any atom is -0.344 e. The van der Waals surface area contributed by atoms with Crippen molar-refractivity contribution in [3.8, 4) is 0 Å². The fourth-order valence-corrected chi connectivity index (χ4v) is 0.321. The van der Waals surface area contributed by atoms with E-state index in [1.54, 1.807) is 0 Å². The summed E-state index contributed by atoms with van der Waals surface area (Å²) in [5.41, 5.74) is 0. The molecule has 0 nitrogen and oxygen atoms in total. The summed E-state index contributed by atoms with van der Waals surface area (Å²) in [7, 11) is 0. The third-order valence-electron chi connectivity index (χ3n) is 0.556. The van der Waals surface area contributed by atoms with Crippen molar-refractivity contribution in [1.29, 1.82) is 0 Å². The maximum atomic E-state index is 3.49. The molecule has 0 aliphatic heterocycles. The summed E-state index contributed by atoms with van der Waals surface area (Å²) in [4.78, 5) is 0. The second-order valence-electron chi connectivity index (χ2n) is 2.46. The largest absolute Gasteiger partial charge is 4.00 e. The molecule has 0 spiro atoms. The monoisotopic (exact) mass is 242 g/mol. The first kappa shape index (κ1) is 24.3. The first-order valence-corrected chi connectivity index (χ1v) is 5.29. The van der Waals surface area contributed by atoms with Crippen LogP contribution in [0.2, 0.25) is 0 Å². The van der Waals surface area contributed by atoms with Crippen LogP contribution in [0.25, 0.3) is 0 Å². The standard InChI is InChI=1S/C5H5.3C3H7.Ti/c1-2-4-5-3-1;3*1-3-2;/h1-5H;3*1,3H2,2H3;/q4*-1;+4. The van der Waals surface area contributed by atoms with E-state index < -0.39 is 0 Å². The SMILES string of the molecule is [CH2-]CC.[CH2-]CC.[CH2-]CC.[Ti+4].c1cc[cH-]c1. The molecule has 0 fully saturated rings. The smallest absolute Gasteiger partial charge is 0.344 e. The summed E-state index contributed by atoms with van der Waals surface area (Å²) in [6.45, 7) is 16.5. The third-order valence-corrected chi connectivity index (χ3v) is 0.556. The van der Waals surface area contributed by atoms with Gasteiger partial charge >= 0.3 is 21.7 Å². The molecule has 0 aliphatic carbocycles. The van der Waals surface area contributed by atoms with Crippen molar-refractivity contribution in [1.82, 2.24) is 0 Å². The Labute approximate surface area is 113 Å². The van der Waals surface area contributed by atoms with Crippen molar-refractivity contribution in [3.63, 3.8) is 0 Å². The van der Waals surface area contributed by atoms with Gasteiger partial charge in [0.05, 0.1) is 0 Å². The van der Waals surface area contributed by atoms with E-state index >= 15 is 0 Å². The first-order valence-electron chi connectivity index (χ1n) is 5.29. The predicted octanol–water partition coefficient (Wildman–Crippen LogP) is 5.09. The van der Waals surface area contributed by atoms with Gasteiger partial charge in [0.25, 0.3) is 0 Å². The van der Waals surface area contributed by atoms with Crippen LogP contribution in [0.4, 0.5) is 0 Å². The van der Waals surface area contributed by atoms with Gasteiger partial charge in [0.1, 0.15) is 0 Å². The Morgan fingerprint density at radius 2 is 1.00 bits per heavy atom. The minimum absolute atomic E-state index is 0. The van der Waals surface area contributed by atoms with Crippen LogP contribution < -0.4 is 0 Å². The summed E-state index contributed by atoms with van der Waals surface area (Å²) in [6, 6.07) is 10.0. The van der Waals surface area contributed by atoms with E-state index in [4.69, 9.17) is 0 Å². The van der Waals surface area contributed by atoms with Gasteiger partial charge in [-0.3, -0.25) is 0 Å². The fraction of sp³-hybridized carbons (Fsp3) is 0.429. The van der Waals surface area contributed by atoms with E-state index in [1.807, 2.05) is 51.1 Å². The summed E-state index contributed by atoms with van der Waals surface area (Å²) in [5, 5.41) is 0. The van der Waals surface area contributed by atoms with E-state index in [0.717, 1.165) is 19.3 Å². The quantitative estimate of drug-likeness (QED) is 0.439. The topological polar surface area (TPSA) is 0 Å². The number of hydrogen-bond donors (Lipinski definition) is 0. The van der Waals surface area contributed by atoms with Crippen molar-refractivity contribution in [2.24, 2.45) is 0 Å². The summed E-state index contributed by atoms with van der Waals surface area (Å²) in [5.74, 6) is 0. The van der Waals surface area contributed by atoms with E-state index in [9.17, 15) is 0 Å².